The summed E-state index contributed by atoms with van der Waals surface area (Å²) in [6.07, 6.45) is 7.17. The van der Waals surface area contributed by atoms with E-state index in [1.807, 2.05) is 16.6 Å². The van der Waals surface area contributed by atoms with Crippen LogP contribution in [0.1, 0.15) is 40.5 Å². The number of carbonyl (C=O) groups excluding carboxylic acids is 1. The van der Waals surface area contributed by atoms with Gasteiger partial charge in [0.1, 0.15) is 0 Å². The first-order chi connectivity index (χ1) is 14.5. The molecule has 4 nitrogen and oxygen atoms in total. The van der Waals surface area contributed by atoms with E-state index in [-0.39, 0.29) is 11.8 Å². The van der Waals surface area contributed by atoms with Gasteiger partial charge in [-0.2, -0.15) is 5.10 Å². The molecule has 1 saturated carbocycles. The lowest BCUT2D eigenvalue weighted by Crippen LogP contribution is -2.37. The molecule has 1 atom stereocenters. The summed E-state index contributed by atoms with van der Waals surface area (Å²) in [6, 6.07) is 10.6. The molecule has 1 aliphatic heterocycles. The number of carbonyl (C=O) groups is 1. The van der Waals surface area contributed by atoms with Gasteiger partial charge < -0.3 is 4.90 Å². The number of aryl methyl sites for hydroxylation is 1. The third-order valence-corrected chi connectivity index (χ3v) is 7.39. The van der Waals surface area contributed by atoms with Gasteiger partial charge in [-0.05, 0) is 54.0 Å². The fourth-order valence-corrected chi connectivity index (χ4v) is 5.86. The van der Waals surface area contributed by atoms with Crippen LogP contribution in [0, 0.1) is 5.92 Å². The van der Waals surface area contributed by atoms with Gasteiger partial charge in [0.25, 0.3) is 0 Å². The van der Waals surface area contributed by atoms with Crippen molar-refractivity contribution < 1.29 is 4.79 Å². The highest BCUT2D eigenvalue weighted by atomic mass is 35.5. The number of amides is 1. The first-order valence-corrected chi connectivity index (χ1v) is 11.5. The van der Waals surface area contributed by atoms with Crippen LogP contribution in [0.4, 0.5) is 0 Å². The Morgan fingerprint density at radius 1 is 1.30 bits per heavy atom. The van der Waals surface area contributed by atoms with Gasteiger partial charge in [0.05, 0.1) is 16.6 Å². The van der Waals surface area contributed by atoms with Crippen molar-refractivity contribution in [2.75, 3.05) is 6.54 Å². The zero-order valence-corrected chi connectivity index (χ0v) is 18.5. The largest absolute Gasteiger partial charge is 0.333 e. The molecule has 0 spiro atoms. The summed E-state index contributed by atoms with van der Waals surface area (Å²) < 4.78 is 2.69. The van der Waals surface area contributed by atoms with Crippen molar-refractivity contribution >= 4 is 28.8 Å². The maximum Gasteiger partial charge on any atom is 0.246 e. The van der Waals surface area contributed by atoms with Crippen LogP contribution in [0.5, 0.6) is 0 Å². The molecular formula is C24H24ClN3OS. The van der Waals surface area contributed by atoms with Crippen LogP contribution >= 0.6 is 22.9 Å². The summed E-state index contributed by atoms with van der Waals surface area (Å²) in [7, 11) is 1.99. The SMILES string of the molecule is C=CC(=O)N1Cc2sc(Cl)cc2[C@H](c2ccccc2-c2cn(C)nc2CC2CC2)C1. The average molecular weight is 438 g/mol. The van der Waals surface area contributed by atoms with Crippen LogP contribution in [0.2, 0.25) is 4.34 Å². The Balaban J connectivity index is 1.61. The number of nitrogens with zero attached hydrogens (tertiary/aromatic N) is 3. The van der Waals surface area contributed by atoms with E-state index in [1.165, 1.54) is 46.9 Å². The molecule has 2 aliphatic rings. The molecule has 5 rings (SSSR count). The van der Waals surface area contributed by atoms with Crippen molar-refractivity contribution in [3.05, 3.63) is 75.2 Å². The van der Waals surface area contributed by atoms with Crippen molar-refractivity contribution in [1.29, 1.82) is 0 Å². The number of benzene rings is 1. The molecule has 1 amide bonds. The summed E-state index contributed by atoms with van der Waals surface area (Å²) in [5.41, 5.74) is 6.03. The van der Waals surface area contributed by atoms with Crippen LogP contribution < -0.4 is 0 Å². The summed E-state index contributed by atoms with van der Waals surface area (Å²) >= 11 is 7.96. The fraction of sp³-hybridized carbons (Fsp3) is 0.333. The number of thiophene rings is 1. The number of fused-ring (bicyclic) bond motifs is 1. The number of rotatable bonds is 5. The Hall–Kier alpha value is -2.37. The van der Waals surface area contributed by atoms with Gasteiger partial charge in [0.15, 0.2) is 0 Å². The van der Waals surface area contributed by atoms with Gasteiger partial charge >= 0.3 is 0 Å². The Labute approximate surface area is 185 Å². The van der Waals surface area contributed by atoms with Crippen molar-refractivity contribution in [1.82, 2.24) is 14.7 Å². The van der Waals surface area contributed by atoms with Gasteiger partial charge in [0.2, 0.25) is 5.91 Å². The number of hydrogen-bond acceptors (Lipinski definition) is 3. The van der Waals surface area contributed by atoms with Gasteiger partial charge in [-0.25, -0.2) is 0 Å². The van der Waals surface area contributed by atoms with Crippen molar-refractivity contribution in [2.24, 2.45) is 13.0 Å². The van der Waals surface area contributed by atoms with E-state index in [9.17, 15) is 4.79 Å². The molecule has 3 heterocycles. The number of halogens is 1. The Bertz CT molecular complexity index is 1130. The molecule has 154 valence electrons. The summed E-state index contributed by atoms with van der Waals surface area (Å²) in [5, 5.41) is 4.78. The molecule has 0 saturated heterocycles. The molecule has 0 radical (unpaired) electrons. The second kappa shape index (κ2) is 7.71. The Morgan fingerprint density at radius 2 is 2.10 bits per heavy atom. The van der Waals surface area contributed by atoms with Gasteiger partial charge in [-0.15, -0.1) is 11.3 Å². The first kappa shape index (κ1) is 19.6. The van der Waals surface area contributed by atoms with Crippen LogP contribution in [-0.2, 0) is 24.8 Å². The third kappa shape index (κ3) is 3.61. The second-order valence-corrected chi connectivity index (χ2v) is 10.1. The van der Waals surface area contributed by atoms with Crippen LogP contribution in [0.15, 0.2) is 49.2 Å². The molecular weight excluding hydrogens is 414 g/mol. The maximum atomic E-state index is 12.5. The predicted octanol–water partition coefficient (Wildman–Crippen LogP) is 5.41. The van der Waals surface area contributed by atoms with Gasteiger partial charge in [-0.1, -0.05) is 42.4 Å². The predicted molar refractivity (Wildman–Crippen MR) is 122 cm³/mol. The molecule has 0 bridgehead atoms. The molecule has 1 aliphatic carbocycles. The average Bonchev–Trinajstić information content (AvgIpc) is 3.36. The van der Waals surface area contributed by atoms with Crippen molar-refractivity contribution in [3.8, 4) is 11.1 Å². The minimum Gasteiger partial charge on any atom is -0.333 e. The third-order valence-electron chi connectivity index (χ3n) is 6.12. The highest BCUT2D eigenvalue weighted by Crippen LogP contribution is 2.44. The summed E-state index contributed by atoms with van der Waals surface area (Å²) in [5.74, 6) is 0.804. The van der Waals surface area contributed by atoms with Crippen LogP contribution in [0.3, 0.4) is 0 Å². The summed E-state index contributed by atoms with van der Waals surface area (Å²) in [4.78, 5) is 15.5. The smallest absolute Gasteiger partial charge is 0.246 e. The number of hydrogen-bond donors (Lipinski definition) is 0. The van der Waals surface area contributed by atoms with Crippen LogP contribution in [0.25, 0.3) is 11.1 Å². The minimum atomic E-state index is -0.0385. The minimum absolute atomic E-state index is 0.0385. The lowest BCUT2D eigenvalue weighted by Gasteiger charge is -2.33. The fourth-order valence-electron chi connectivity index (χ4n) is 4.50. The molecule has 3 aromatic rings. The van der Waals surface area contributed by atoms with Gasteiger partial charge in [-0.3, -0.25) is 9.48 Å². The standard InChI is InChI=1S/C24H24ClN3OS/c1-3-24(29)28-13-19(18-11-23(25)30-22(18)14-28)16-6-4-5-7-17(16)20-12-27(2)26-21(20)10-15-8-9-15/h3-7,11-12,15,19H,1,8-10,13-14H2,2H3/t19-/m0/s1. The summed E-state index contributed by atoms with van der Waals surface area (Å²) in [6.45, 7) is 4.90. The molecule has 6 heteroatoms. The second-order valence-electron chi connectivity index (χ2n) is 8.30. The lowest BCUT2D eigenvalue weighted by molar-refractivity contribution is -0.127. The Morgan fingerprint density at radius 3 is 2.87 bits per heavy atom. The highest BCUT2D eigenvalue weighted by Gasteiger charge is 2.32. The van der Waals surface area contributed by atoms with Crippen molar-refractivity contribution in [3.63, 3.8) is 0 Å². The van der Waals surface area contributed by atoms with E-state index in [0.29, 0.717) is 13.1 Å². The first-order valence-electron chi connectivity index (χ1n) is 10.3. The molecule has 30 heavy (non-hydrogen) atoms. The zero-order chi connectivity index (χ0) is 20.8. The molecule has 1 aromatic carbocycles. The van der Waals surface area contributed by atoms with E-state index in [4.69, 9.17) is 16.7 Å². The molecule has 0 unspecified atom stereocenters. The number of aromatic nitrogens is 2. The van der Waals surface area contributed by atoms with Crippen LogP contribution in [-0.4, -0.2) is 27.1 Å². The zero-order valence-electron chi connectivity index (χ0n) is 17.0. The molecule has 1 fully saturated rings. The van der Waals surface area contributed by atoms with E-state index < -0.39 is 0 Å². The molecule has 2 aromatic heterocycles. The van der Waals surface area contributed by atoms with Gasteiger partial charge in [0, 0.05) is 36.1 Å². The van der Waals surface area contributed by atoms with E-state index >= 15 is 0 Å². The van der Waals surface area contributed by atoms with E-state index in [0.717, 1.165) is 21.6 Å². The topological polar surface area (TPSA) is 38.1 Å². The lowest BCUT2D eigenvalue weighted by atomic mass is 9.83. The Kier molecular flexibility index (Phi) is 5.03. The normalized spacial score (nSPS) is 18.3. The monoisotopic (exact) mass is 437 g/mol. The highest BCUT2D eigenvalue weighted by molar-refractivity contribution is 7.16. The quantitative estimate of drug-likeness (QED) is 0.500. The van der Waals surface area contributed by atoms with E-state index in [1.54, 1.807) is 11.3 Å². The van der Waals surface area contributed by atoms with E-state index in [2.05, 4.69) is 43.1 Å². The maximum absolute atomic E-state index is 12.5. The molecule has 0 N–H and O–H groups in total. The van der Waals surface area contributed by atoms with Crippen molar-refractivity contribution in [2.45, 2.75) is 31.7 Å².